The summed E-state index contributed by atoms with van der Waals surface area (Å²) in [5.74, 6) is 0. The summed E-state index contributed by atoms with van der Waals surface area (Å²) in [7, 11) is 2.67. The molecule has 25 heavy (non-hydrogen) atoms. The molecule has 0 spiro atoms. The van der Waals surface area contributed by atoms with Gasteiger partial charge in [-0.15, -0.1) is 0 Å². The van der Waals surface area contributed by atoms with Gasteiger partial charge in [0, 0.05) is 14.2 Å². The first-order valence-corrected chi connectivity index (χ1v) is 6.99. The number of likely N-dealkylation sites (N-methyl/N-ethyl adjacent to an activating group) is 1. The highest BCUT2D eigenvalue weighted by Gasteiger charge is 2.71. The van der Waals surface area contributed by atoms with Gasteiger partial charge < -0.3 is 19.5 Å². The van der Waals surface area contributed by atoms with E-state index in [4.69, 9.17) is 4.74 Å². The number of hydrogen-bond donors (Lipinski definition) is 1. The van der Waals surface area contributed by atoms with Gasteiger partial charge in [0.15, 0.2) is 0 Å². The van der Waals surface area contributed by atoms with Crippen LogP contribution >= 0.6 is 0 Å². The molecule has 144 valence electrons. The largest absolute Gasteiger partial charge is 0.447 e. The molecule has 0 aromatic rings. The van der Waals surface area contributed by atoms with Gasteiger partial charge in [-0.25, -0.2) is 4.79 Å². The lowest BCUT2D eigenvalue weighted by molar-refractivity contribution is -0.351. The average Bonchev–Trinajstić information content (AvgIpc) is 2.51. The van der Waals surface area contributed by atoms with Crippen molar-refractivity contribution in [2.45, 2.75) is 30.4 Å². The molecular weight excluding hydrogens is 360 g/mol. The van der Waals surface area contributed by atoms with Crippen molar-refractivity contribution in [3.05, 3.63) is 23.8 Å². The number of alkyl halides is 6. The molecule has 0 saturated carbocycles. The van der Waals surface area contributed by atoms with Crippen LogP contribution in [0.2, 0.25) is 0 Å². The van der Waals surface area contributed by atoms with E-state index in [-0.39, 0.29) is 19.6 Å². The third kappa shape index (κ3) is 4.46. The minimum absolute atomic E-state index is 0.0565. The summed E-state index contributed by atoms with van der Waals surface area (Å²) in [4.78, 5) is 12.7. The third-order valence-electron chi connectivity index (χ3n) is 3.61. The molecule has 0 saturated heterocycles. The average molecular weight is 377 g/mol. The number of aliphatic hydroxyl groups is 1. The lowest BCUT2D eigenvalue weighted by Gasteiger charge is -2.35. The Balaban J connectivity index is 2.89. The molecular formula is C14H17F6NO4. The first-order chi connectivity index (χ1) is 11.4. The Labute approximate surface area is 139 Å². The van der Waals surface area contributed by atoms with Gasteiger partial charge >= 0.3 is 18.4 Å². The van der Waals surface area contributed by atoms with Crippen molar-refractivity contribution in [1.29, 1.82) is 0 Å². The van der Waals surface area contributed by atoms with Crippen LogP contribution in [0.5, 0.6) is 0 Å². The van der Waals surface area contributed by atoms with Crippen molar-refractivity contribution >= 4 is 6.09 Å². The van der Waals surface area contributed by atoms with Crippen LogP contribution in [0.15, 0.2) is 23.8 Å². The van der Waals surface area contributed by atoms with E-state index in [9.17, 15) is 36.2 Å². The lowest BCUT2D eigenvalue weighted by atomic mass is 9.87. The maximum Gasteiger partial charge on any atom is 0.430 e. The Hall–Kier alpha value is -1.75. The summed E-state index contributed by atoms with van der Waals surface area (Å²) in [6, 6.07) is -0.815. The number of nitrogens with zero attached hydrogens (tertiary/aromatic N) is 1. The van der Waals surface area contributed by atoms with E-state index in [1.165, 1.54) is 14.2 Å². The fourth-order valence-electron chi connectivity index (χ4n) is 2.10. The summed E-state index contributed by atoms with van der Waals surface area (Å²) in [6.45, 7) is 0.0768. The molecule has 0 aromatic carbocycles. The first kappa shape index (κ1) is 21.3. The predicted molar refractivity (Wildman–Crippen MR) is 73.7 cm³/mol. The Kier molecular flexibility index (Phi) is 6.51. The second-order valence-corrected chi connectivity index (χ2v) is 5.25. The Bertz CT molecular complexity index is 526. The molecule has 1 rings (SSSR count). The SMILES string of the molecule is COCCOC(=O)N(C)C1C=CC(C(O)(C(F)(F)F)C(F)(F)F)=CC1. The van der Waals surface area contributed by atoms with Crippen molar-refractivity contribution in [2.75, 3.05) is 27.4 Å². The molecule has 1 unspecified atom stereocenters. The smallest absolute Gasteiger partial charge is 0.430 e. The molecule has 0 aromatic heterocycles. The molecule has 1 aliphatic rings. The van der Waals surface area contributed by atoms with Crippen LogP contribution in [0.25, 0.3) is 0 Å². The van der Waals surface area contributed by atoms with Crippen molar-refractivity contribution < 1.29 is 45.7 Å². The van der Waals surface area contributed by atoms with Gasteiger partial charge in [0.05, 0.1) is 12.6 Å². The highest BCUT2D eigenvalue weighted by atomic mass is 19.4. The van der Waals surface area contributed by atoms with Crippen LogP contribution in [0, 0.1) is 0 Å². The minimum Gasteiger partial charge on any atom is -0.447 e. The molecule has 1 atom stereocenters. The molecule has 5 nitrogen and oxygen atoms in total. The number of carbonyl (C=O) groups is 1. The Morgan fingerprint density at radius 3 is 2.20 bits per heavy atom. The Morgan fingerprint density at radius 1 is 1.24 bits per heavy atom. The van der Waals surface area contributed by atoms with E-state index in [1.54, 1.807) is 0 Å². The second-order valence-electron chi connectivity index (χ2n) is 5.25. The summed E-state index contributed by atoms with van der Waals surface area (Å²) in [6.07, 6.45) is -11.0. The van der Waals surface area contributed by atoms with E-state index in [0.717, 1.165) is 11.0 Å². The van der Waals surface area contributed by atoms with Crippen LogP contribution in [-0.2, 0) is 9.47 Å². The third-order valence-corrected chi connectivity index (χ3v) is 3.61. The van der Waals surface area contributed by atoms with Gasteiger partial charge in [0.1, 0.15) is 6.61 Å². The van der Waals surface area contributed by atoms with Gasteiger partial charge in [0.2, 0.25) is 0 Å². The van der Waals surface area contributed by atoms with Crippen LogP contribution in [-0.4, -0.2) is 67.5 Å². The maximum absolute atomic E-state index is 12.8. The zero-order valence-corrected chi connectivity index (χ0v) is 13.3. The van der Waals surface area contributed by atoms with E-state index in [2.05, 4.69) is 4.74 Å². The molecule has 1 aliphatic carbocycles. The number of methoxy groups -OCH3 is 1. The molecule has 1 N–H and O–H groups in total. The normalized spacial score (nSPS) is 18.8. The van der Waals surface area contributed by atoms with Gasteiger partial charge in [-0.05, 0) is 12.0 Å². The standard InChI is InChI=1S/C14H17F6NO4/c1-21(11(22)25-8-7-24-2)10-5-3-9(4-6-10)12(23,13(15,16)17)14(18,19)20/h3-5,10,23H,6-8H2,1-2H3. The second kappa shape index (κ2) is 7.65. The first-order valence-electron chi connectivity index (χ1n) is 6.99. The van der Waals surface area contributed by atoms with Crippen molar-refractivity contribution in [3.8, 4) is 0 Å². The number of halogens is 6. The van der Waals surface area contributed by atoms with E-state index in [0.29, 0.717) is 12.2 Å². The zero-order chi connectivity index (χ0) is 19.5. The van der Waals surface area contributed by atoms with Crippen LogP contribution < -0.4 is 0 Å². The number of rotatable bonds is 5. The number of ether oxygens (including phenoxy) is 2. The van der Waals surface area contributed by atoms with E-state index in [1.807, 2.05) is 0 Å². The lowest BCUT2D eigenvalue weighted by Crippen LogP contribution is -2.58. The fourth-order valence-corrected chi connectivity index (χ4v) is 2.10. The van der Waals surface area contributed by atoms with Gasteiger partial charge in [-0.1, -0.05) is 18.2 Å². The Morgan fingerprint density at radius 2 is 1.80 bits per heavy atom. The van der Waals surface area contributed by atoms with Gasteiger partial charge in [-0.3, -0.25) is 0 Å². The molecule has 1 amide bonds. The summed E-state index contributed by atoms with van der Waals surface area (Å²) < 4.78 is 86.3. The number of hydrogen-bond acceptors (Lipinski definition) is 4. The maximum atomic E-state index is 12.8. The number of carbonyl (C=O) groups excluding carboxylic acids is 1. The van der Waals surface area contributed by atoms with Crippen LogP contribution in [0.1, 0.15) is 6.42 Å². The number of amides is 1. The van der Waals surface area contributed by atoms with E-state index < -0.39 is 35.7 Å². The molecule has 0 radical (unpaired) electrons. The van der Waals surface area contributed by atoms with E-state index >= 15 is 0 Å². The van der Waals surface area contributed by atoms with Gasteiger partial charge in [0.25, 0.3) is 5.60 Å². The fraction of sp³-hybridized carbons (Fsp3) is 0.643. The topological polar surface area (TPSA) is 59.0 Å². The highest BCUT2D eigenvalue weighted by molar-refractivity contribution is 5.68. The molecule has 0 fully saturated rings. The highest BCUT2D eigenvalue weighted by Crippen LogP contribution is 2.48. The molecule has 0 bridgehead atoms. The summed E-state index contributed by atoms with van der Waals surface area (Å²) >= 11 is 0. The summed E-state index contributed by atoms with van der Waals surface area (Å²) in [5, 5.41) is 9.30. The van der Waals surface area contributed by atoms with Gasteiger partial charge in [-0.2, -0.15) is 26.3 Å². The monoisotopic (exact) mass is 377 g/mol. The molecule has 0 heterocycles. The predicted octanol–water partition coefficient (Wildman–Crippen LogP) is 2.81. The van der Waals surface area contributed by atoms with Crippen LogP contribution in [0.4, 0.5) is 31.1 Å². The summed E-state index contributed by atoms with van der Waals surface area (Å²) in [5.41, 5.74) is -6.32. The van der Waals surface area contributed by atoms with Crippen LogP contribution in [0.3, 0.4) is 0 Å². The van der Waals surface area contributed by atoms with Crippen molar-refractivity contribution in [2.24, 2.45) is 0 Å². The van der Waals surface area contributed by atoms with Crippen molar-refractivity contribution in [1.82, 2.24) is 4.90 Å². The van der Waals surface area contributed by atoms with Crippen molar-refractivity contribution in [3.63, 3.8) is 0 Å². The zero-order valence-electron chi connectivity index (χ0n) is 13.3. The quantitative estimate of drug-likeness (QED) is 0.591. The molecule has 11 heteroatoms. The minimum atomic E-state index is -5.95. The molecule has 0 aliphatic heterocycles.